The van der Waals surface area contributed by atoms with Gasteiger partial charge in [0.1, 0.15) is 0 Å². The summed E-state index contributed by atoms with van der Waals surface area (Å²) in [6.07, 6.45) is 9.13. The largest absolute Gasteiger partial charge is 0.261 e. The summed E-state index contributed by atoms with van der Waals surface area (Å²) in [6.45, 7) is 9.34. The average molecular weight is 149 g/mol. The fraction of sp³-hybridized carbons (Fsp3) is 0.300. The summed E-state index contributed by atoms with van der Waals surface area (Å²) in [6, 6.07) is 0. The second-order valence-electron chi connectivity index (χ2n) is 2.15. The zero-order valence-electron chi connectivity index (χ0n) is 7.09. The van der Waals surface area contributed by atoms with Crippen molar-refractivity contribution in [2.24, 2.45) is 4.99 Å². The van der Waals surface area contributed by atoms with E-state index in [1.54, 1.807) is 24.4 Å². The second-order valence-corrected chi connectivity index (χ2v) is 2.15. The van der Waals surface area contributed by atoms with Gasteiger partial charge in [0.05, 0.1) is 0 Å². The summed E-state index contributed by atoms with van der Waals surface area (Å²) in [5, 5.41) is 0. The van der Waals surface area contributed by atoms with Crippen molar-refractivity contribution in [2.45, 2.75) is 19.8 Å². The predicted molar refractivity (Wildman–Crippen MR) is 51.9 cm³/mol. The molecule has 0 aliphatic heterocycles. The van der Waals surface area contributed by atoms with E-state index in [1.807, 2.05) is 0 Å². The Hall–Kier alpha value is -1.11. The lowest BCUT2D eigenvalue weighted by molar-refractivity contribution is 0.996. The molecule has 0 aromatic rings. The topological polar surface area (TPSA) is 12.4 Å². The van der Waals surface area contributed by atoms with Crippen molar-refractivity contribution in [2.75, 3.05) is 0 Å². The zero-order chi connectivity index (χ0) is 8.53. The van der Waals surface area contributed by atoms with Crippen molar-refractivity contribution in [1.29, 1.82) is 0 Å². The van der Waals surface area contributed by atoms with E-state index in [4.69, 9.17) is 0 Å². The summed E-state index contributed by atoms with van der Waals surface area (Å²) in [5.74, 6) is 0. The second kappa shape index (κ2) is 7.00. The van der Waals surface area contributed by atoms with Crippen molar-refractivity contribution < 1.29 is 0 Å². The average Bonchev–Trinajstić information content (AvgIpc) is 2.03. The molecule has 0 aromatic carbocycles. The molecule has 0 aromatic heterocycles. The van der Waals surface area contributed by atoms with E-state index in [0.29, 0.717) is 0 Å². The molecular formula is C10H15N. The maximum absolute atomic E-state index is 4.17. The van der Waals surface area contributed by atoms with Crippen LogP contribution in [0.3, 0.4) is 0 Å². The molecule has 0 saturated carbocycles. The summed E-state index contributed by atoms with van der Waals surface area (Å²) < 4.78 is 0. The van der Waals surface area contributed by atoms with Gasteiger partial charge in [-0.05, 0) is 18.6 Å². The van der Waals surface area contributed by atoms with Gasteiger partial charge in [-0.25, -0.2) is 0 Å². The standard InChI is InChI=1S/C10H15N/c1-4-7-9-11-10(6-3)8-5-2/h4,6-7,9H,1,3,5,8H2,2H3/b9-7-,11-10+. The molecule has 0 saturated heterocycles. The molecule has 0 amide bonds. The van der Waals surface area contributed by atoms with E-state index in [9.17, 15) is 0 Å². The third kappa shape index (κ3) is 5.34. The van der Waals surface area contributed by atoms with Crippen molar-refractivity contribution in [3.63, 3.8) is 0 Å². The van der Waals surface area contributed by atoms with E-state index in [1.165, 1.54) is 0 Å². The van der Waals surface area contributed by atoms with Gasteiger partial charge in [-0.3, -0.25) is 4.99 Å². The van der Waals surface area contributed by atoms with Crippen LogP contribution in [0.2, 0.25) is 0 Å². The Morgan fingerprint density at radius 2 is 2.18 bits per heavy atom. The van der Waals surface area contributed by atoms with Crippen LogP contribution in [0.1, 0.15) is 19.8 Å². The zero-order valence-corrected chi connectivity index (χ0v) is 7.09. The van der Waals surface area contributed by atoms with Crippen LogP contribution < -0.4 is 0 Å². The first-order valence-electron chi connectivity index (χ1n) is 3.81. The molecule has 0 fully saturated rings. The molecule has 1 heteroatoms. The molecule has 11 heavy (non-hydrogen) atoms. The third-order valence-electron chi connectivity index (χ3n) is 1.20. The van der Waals surface area contributed by atoms with Crippen molar-refractivity contribution in [1.82, 2.24) is 0 Å². The van der Waals surface area contributed by atoms with Gasteiger partial charge in [-0.15, -0.1) is 0 Å². The first kappa shape index (κ1) is 9.89. The number of rotatable bonds is 5. The molecule has 0 bridgehead atoms. The molecule has 0 N–H and O–H groups in total. The number of hydrogen-bond acceptors (Lipinski definition) is 1. The Bertz CT molecular complexity index is 175. The lowest BCUT2D eigenvalue weighted by atomic mass is 10.2. The van der Waals surface area contributed by atoms with Crippen LogP contribution >= 0.6 is 0 Å². The quantitative estimate of drug-likeness (QED) is 0.420. The van der Waals surface area contributed by atoms with Gasteiger partial charge < -0.3 is 0 Å². The highest BCUT2D eigenvalue weighted by molar-refractivity contribution is 5.94. The Morgan fingerprint density at radius 3 is 2.64 bits per heavy atom. The molecule has 0 atom stereocenters. The summed E-state index contributed by atoms with van der Waals surface area (Å²) >= 11 is 0. The van der Waals surface area contributed by atoms with E-state index < -0.39 is 0 Å². The van der Waals surface area contributed by atoms with E-state index >= 15 is 0 Å². The smallest absolute Gasteiger partial charge is 0.0397 e. The molecule has 0 rings (SSSR count). The van der Waals surface area contributed by atoms with Crippen LogP contribution in [0.15, 0.2) is 42.6 Å². The van der Waals surface area contributed by atoms with Crippen LogP contribution in [-0.2, 0) is 0 Å². The van der Waals surface area contributed by atoms with Crippen LogP contribution in [0.4, 0.5) is 0 Å². The highest BCUT2D eigenvalue weighted by atomic mass is 14.7. The number of hydrogen-bond donors (Lipinski definition) is 0. The highest BCUT2D eigenvalue weighted by Gasteiger charge is 1.87. The van der Waals surface area contributed by atoms with E-state index in [0.717, 1.165) is 18.6 Å². The van der Waals surface area contributed by atoms with Crippen LogP contribution in [0, 0.1) is 0 Å². The lowest BCUT2D eigenvalue weighted by Gasteiger charge is -1.93. The first-order chi connectivity index (χ1) is 5.35. The van der Waals surface area contributed by atoms with E-state index in [2.05, 4.69) is 25.1 Å². The van der Waals surface area contributed by atoms with Crippen LogP contribution in [0.25, 0.3) is 0 Å². The summed E-state index contributed by atoms with van der Waals surface area (Å²) in [4.78, 5) is 4.17. The van der Waals surface area contributed by atoms with Gasteiger partial charge in [0.2, 0.25) is 0 Å². The van der Waals surface area contributed by atoms with Gasteiger partial charge in [0.15, 0.2) is 0 Å². The fourth-order valence-corrected chi connectivity index (χ4v) is 0.675. The maximum Gasteiger partial charge on any atom is 0.0397 e. The SMILES string of the molecule is C=C/C=C\N=C(/C=C)CCC. The monoisotopic (exact) mass is 149 g/mol. The minimum absolute atomic E-state index is 0.991. The molecule has 0 aliphatic rings. The Balaban J connectivity index is 3.99. The molecule has 0 spiro atoms. The lowest BCUT2D eigenvalue weighted by Crippen LogP contribution is -1.89. The summed E-state index contributed by atoms with van der Waals surface area (Å²) in [7, 11) is 0. The molecule has 60 valence electrons. The molecular weight excluding hydrogens is 134 g/mol. The van der Waals surface area contributed by atoms with Crippen molar-refractivity contribution in [3.8, 4) is 0 Å². The van der Waals surface area contributed by atoms with Crippen LogP contribution in [-0.4, -0.2) is 5.71 Å². The van der Waals surface area contributed by atoms with Gasteiger partial charge in [0, 0.05) is 11.9 Å². The van der Waals surface area contributed by atoms with Gasteiger partial charge in [-0.1, -0.05) is 32.6 Å². The number of nitrogens with zero attached hydrogens (tertiary/aromatic N) is 1. The van der Waals surface area contributed by atoms with Crippen LogP contribution in [0.5, 0.6) is 0 Å². The first-order valence-corrected chi connectivity index (χ1v) is 3.81. The Kier molecular flexibility index (Phi) is 6.30. The highest BCUT2D eigenvalue weighted by Crippen LogP contribution is 1.93. The molecule has 0 aliphatic carbocycles. The minimum Gasteiger partial charge on any atom is -0.261 e. The predicted octanol–water partition coefficient (Wildman–Crippen LogP) is 3.11. The molecule has 0 heterocycles. The number of aliphatic imine (C=N–C) groups is 1. The molecule has 0 radical (unpaired) electrons. The normalized spacial score (nSPS) is 11.9. The van der Waals surface area contributed by atoms with Gasteiger partial charge >= 0.3 is 0 Å². The Morgan fingerprint density at radius 1 is 1.45 bits per heavy atom. The summed E-state index contributed by atoms with van der Waals surface area (Å²) in [5.41, 5.74) is 1.03. The maximum atomic E-state index is 4.17. The molecule has 1 nitrogen and oxygen atoms in total. The molecule has 0 unspecified atom stereocenters. The van der Waals surface area contributed by atoms with Crippen molar-refractivity contribution in [3.05, 3.63) is 37.6 Å². The van der Waals surface area contributed by atoms with E-state index in [-0.39, 0.29) is 0 Å². The van der Waals surface area contributed by atoms with Crippen molar-refractivity contribution >= 4 is 5.71 Å². The number of allylic oxidation sites excluding steroid dienone is 3. The van der Waals surface area contributed by atoms with Gasteiger partial charge in [0.25, 0.3) is 0 Å². The Labute approximate surface area is 68.9 Å². The minimum atomic E-state index is 0.991. The van der Waals surface area contributed by atoms with Gasteiger partial charge in [-0.2, -0.15) is 0 Å². The fourth-order valence-electron chi connectivity index (χ4n) is 0.675. The third-order valence-corrected chi connectivity index (χ3v) is 1.20.